The molecule has 0 saturated heterocycles. The number of imidazole rings is 1. The van der Waals surface area contributed by atoms with Gasteiger partial charge in [0.2, 0.25) is 0 Å². The summed E-state index contributed by atoms with van der Waals surface area (Å²) in [7, 11) is 0. The third-order valence-corrected chi connectivity index (χ3v) is 7.05. The summed E-state index contributed by atoms with van der Waals surface area (Å²) in [4.78, 5) is 8.85. The topological polar surface area (TPSA) is 30.7 Å². The van der Waals surface area contributed by atoms with Crippen LogP contribution in [-0.2, 0) is 6.54 Å². The molecule has 2 aromatic heterocycles. The molecule has 0 aliphatic heterocycles. The van der Waals surface area contributed by atoms with Crippen molar-refractivity contribution in [1.82, 2.24) is 14.5 Å². The minimum Gasteiger partial charge on any atom is -0.337 e. The second kappa shape index (κ2) is 8.55. The molecule has 5 rings (SSSR count). The van der Waals surface area contributed by atoms with E-state index in [1.54, 1.807) is 12.1 Å². The lowest BCUT2D eigenvalue weighted by Crippen LogP contribution is -2.20. The lowest BCUT2D eigenvalue weighted by molar-refractivity contribution is 0.245. The average molecular weight is 402 g/mol. The number of allylic oxidation sites excluding steroid dienone is 1. The molecule has 1 aromatic carbocycles. The number of halogens is 1. The normalized spacial score (nSPS) is 26.2. The van der Waals surface area contributed by atoms with Crippen LogP contribution in [0.4, 0.5) is 4.39 Å². The van der Waals surface area contributed by atoms with Crippen LogP contribution in [0.5, 0.6) is 0 Å². The molecule has 4 heteroatoms. The van der Waals surface area contributed by atoms with E-state index in [9.17, 15) is 4.39 Å². The standard InChI is InChI=1S/C26H28FN3/c27-23-6-3-5-19(15-23)21-8-9-24(29-16-21)10-11-26-22(17-30-13-12-28-18-30)14-20-4-1-2-7-25(20)26/h3,5-6,8-13,15-16,18,20,22,25-26H,1-2,4,7,14,17H2/b11-10+/t20-,22-,25-,26-/m1/s1. The van der Waals surface area contributed by atoms with Gasteiger partial charge in [-0.15, -0.1) is 0 Å². The van der Waals surface area contributed by atoms with Gasteiger partial charge in [0.05, 0.1) is 12.0 Å². The summed E-state index contributed by atoms with van der Waals surface area (Å²) >= 11 is 0. The Hall–Kier alpha value is -2.75. The first-order valence-corrected chi connectivity index (χ1v) is 11.1. The molecule has 2 fully saturated rings. The van der Waals surface area contributed by atoms with Crippen molar-refractivity contribution in [3.8, 4) is 11.1 Å². The van der Waals surface area contributed by atoms with E-state index in [0.717, 1.165) is 35.2 Å². The Kier molecular flexibility index (Phi) is 5.48. The second-order valence-electron chi connectivity index (χ2n) is 8.88. The Morgan fingerprint density at radius 1 is 1.10 bits per heavy atom. The van der Waals surface area contributed by atoms with Gasteiger partial charge < -0.3 is 4.57 Å². The van der Waals surface area contributed by atoms with Crippen LogP contribution in [0.15, 0.2) is 67.4 Å². The molecule has 0 amide bonds. The molecule has 0 radical (unpaired) electrons. The number of nitrogens with zero attached hydrogens (tertiary/aromatic N) is 3. The minimum atomic E-state index is -0.219. The molecule has 4 atom stereocenters. The number of pyridine rings is 1. The zero-order valence-electron chi connectivity index (χ0n) is 17.2. The number of hydrogen-bond acceptors (Lipinski definition) is 2. The van der Waals surface area contributed by atoms with E-state index in [1.165, 1.54) is 38.2 Å². The van der Waals surface area contributed by atoms with Crippen LogP contribution in [-0.4, -0.2) is 14.5 Å². The molecule has 2 aliphatic rings. The van der Waals surface area contributed by atoms with E-state index in [2.05, 4.69) is 32.9 Å². The average Bonchev–Trinajstić information content (AvgIpc) is 3.40. The van der Waals surface area contributed by atoms with Gasteiger partial charge in [0.25, 0.3) is 0 Å². The van der Waals surface area contributed by atoms with E-state index in [1.807, 2.05) is 36.9 Å². The number of benzene rings is 1. The predicted molar refractivity (Wildman–Crippen MR) is 118 cm³/mol. The Balaban J connectivity index is 1.34. The van der Waals surface area contributed by atoms with Gasteiger partial charge in [0.15, 0.2) is 0 Å². The molecule has 2 saturated carbocycles. The SMILES string of the molecule is Fc1cccc(-c2ccc(/C=C/[C@@H]3[C@@H](Cn4ccnc4)C[C@H]4CCCC[C@H]43)nc2)c1. The van der Waals surface area contributed by atoms with Gasteiger partial charge in [-0.25, -0.2) is 9.37 Å². The molecule has 2 aliphatic carbocycles. The third kappa shape index (κ3) is 4.09. The first-order chi connectivity index (χ1) is 14.8. The fraction of sp³-hybridized carbons (Fsp3) is 0.385. The molecule has 154 valence electrons. The summed E-state index contributed by atoms with van der Waals surface area (Å²) in [5.41, 5.74) is 2.77. The lowest BCUT2D eigenvalue weighted by atomic mass is 9.77. The number of aromatic nitrogens is 3. The van der Waals surface area contributed by atoms with Crippen LogP contribution in [0.3, 0.4) is 0 Å². The van der Waals surface area contributed by atoms with Gasteiger partial charge in [0, 0.05) is 30.7 Å². The molecular weight excluding hydrogens is 373 g/mol. The molecule has 0 bridgehead atoms. The van der Waals surface area contributed by atoms with Crippen LogP contribution in [0.2, 0.25) is 0 Å². The van der Waals surface area contributed by atoms with Gasteiger partial charge in [-0.2, -0.15) is 0 Å². The highest BCUT2D eigenvalue weighted by atomic mass is 19.1. The summed E-state index contributed by atoms with van der Waals surface area (Å²) < 4.78 is 15.7. The van der Waals surface area contributed by atoms with E-state index in [0.29, 0.717) is 11.8 Å². The zero-order valence-corrected chi connectivity index (χ0v) is 17.2. The van der Waals surface area contributed by atoms with E-state index >= 15 is 0 Å². The maximum atomic E-state index is 13.5. The molecule has 3 aromatic rings. The van der Waals surface area contributed by atoms with Crippen LogP contribution in [0, 0.1) is 29.5 Å². The largest absolute Gasteiger partial charge is 0.337 e. The van der Waals surface area contributed by atoms with Crippen molar-refractivity contribution in [3.63, 3.8) is 0 Å². The van der Waals surface area contributed by atoms with Crippen molar-refractivity contribution in [1.29, 1.82) is 0 Å². The Morgan fingerprint density at radius 3 is 2.83 bits per heavy atom. The molecule has 0 unspecified atom stereocenters. The van der Waals surface area contributed by atoms with Crippen molar-refractivity contribution in [2.45, 2.75) is 38.6 Å². The highest BCUT2D eigenvalue weighted by Gasteiger charge is 2.42. The Morgan fingerprint density at radius 2 is 2.03 bits per heavy atom. The fourth-order valence-electron chi connectivity index (χ4n) is 5.65. The number of rotatable bonds is 5. The molecular formula is C26H28FN3. The van der Waals surface area contributed by atoms with Crippen molar-refractivity contribution in [2.75, 3.05) is 0 Å². The van der Waals surface area contributed by atoms with Crippen molar-refractivity contribution < 1.29 is 4.39 Å². The van der Waals surface area contributed by atoms with Crippen molar-refractivity contribution >= 4 is 6.08 Å². The first kappa shape index (κ1) is 19.2. The molecule has 2 heterocycles. The first-order valence-electron chi connectivity index (χ1n) is 11.1. The lowest BCUT2D eigenvalue weighted by Gasteiger charge is -2.28. The molecule has 0 N–H and O–H groups in total. The maximum absolute atomic E-state index is 13.5. The highest BCUT2D eigenvalue weighted by molar-refractivity contribution is 5.63. The molecule has 3 nitrogen and oxygen atoms in total. The summed E-state index contributed by atoms with van der Waals surface area (Å²) in [6.45, 7) is 1.05. The van der Waals surface area contributed by atoms with Gasteiger partial charge in [-0.05, 0) is 66.4 Å². The maximum Gasteiger partial charge on any atom is 0.123 e. The van der Waals surface area contributed by atoms with E-state index < -0.39 is 0 Å². The van der Waals surface area contributed by atoms with Crippen LogP contribution >= 0.6 is 0 Å². The third-order valence-electron chi connectivity index (χ3n) is 7.05. The van der Waals surface area contributed by atoms with Crippen LogP contribution in [0.25, 0.3) is 17.2 Å². The van der Waals surface area contributed by atoms with Crippen molar-refractivity contribution in [2.24, 2.45) is 23.7 Å². The van der Waals surface area contributed by atoms with E-state index in [-0.39, 0.29) is 5.82 Å². The summed E-state index contributed by atoms with van der Waals surface area (Å²) in [5, 5.41) is 0. The smallest absolute Gasteiger partial charge is 0.123 e. The summed E-state index contributed by atoms with van der Waals surface area (Å²) in [6, 6.07) is 10.7. The highest BCUT2D eigenvalue weighted by Crippen LogP contribution is 2.50. The van der Waals surface area contributed by atoms with Gasteiger partial charge in [-0.3, -0.25) is 4.98 Å². The van der Waals surface area contributed by atoms with Crippen LogP contribution < -0.4 is 0 Å². The van der Waals surface area contributed by atoms with Crippen molar-refractivity contribution in [3.05, 3.63) is 78.9 Å². The second-order valence-corrected chi connectivity index (χ2v) is 8.88. The van der Waals surface area contributed by atoms with Gasteiger partial charge in [0.1, 0.15) is 5.82 Å². The molecule has 0 spiro atoms. The predicted octanol–water partition coefficient (Wildman–Crippen LogP) is 6.24. The minimum absolute atomic E-state index is 0.219. The number of hydrogen-bond donors (Lipinski definition) is 0. The van der Waals surface area contributed by atoms with E-state index in [4.69, 9.17) is 0 Å². The zero-order chi connectivity index (χ0) is 20.3. The summed E-state index contributed by atoms with van der Waals surface area (Å²) in [5.74, 6) is 2.71. The monoisotopic (exact) mass is 401 g/mol. The molecule has 30 heavy (non-hydrogen) atoms. The number of fused-ring (bicyclic) bond motifs is 1. The van der Waals surface area contributed by atoms with Gasteiger partial charge in [-0.1, -0.05) is 43.5 Å². The quantitative estimate of drug-likeness (QED) is 0.507. The van der Waals surface area contributed by atoms with Gasteiger partial charge >= 0.3 is 0 Å². The Labute approximate surface area is 177 Å². The summed E-state index contributed by atoms with van der Waals surface area (Å²) in [6.07, 6.45) is 19.2. The Bertz CT molecular complexity index is 993. The fourth-order valence-corrected chi connectivity index (χ4v) is 5.65. The van der Waals surface area contributed by atoms with Crippen LogP contribution in [0.1, 0.15) is 37.8 Å².